The summed E-state index contributed by atoms with van der Waals surface area (Å²) in [5, 5.41) is 1.15. The van der Waals surface area contributed by atoms with Crippen molar-refractivity contribution in [3.8, 4) is 0 Å². The van der Waals surface area contributed by atoms with E-state index >= 15 is 0 Å². The lowest BCUT2D eigenvalue weighted by atomic mass is 9.91. The third kappa shape index (κ3) is 6.86. The average Bonchev–Trinajstić information content (AvgIpc) is 1.85. The number of hydrogen-bond donors (Lipinski definition) is 0. The summed E-state index contributed by atoms with van der Waals surface area (Å²) in [7, 11) is 0. The van der Waals surface area contributed by atoms with E-state index in [-0.39, 0.29) is 0 Å². The molecule has 2 unspecified atom stereocenters. The summed E-state index contributed by atoms with van der Waals surface area (Å²) < 4.78 is 0. The van der Waals surface area contributed by atoms with Crippen LogP contribution in [0.25, 0.3) is 0 Å². The lowest BCUT2D eigenvalue weighted by Gasteiger charge is -2.16. The Balaban J connectivity index is 3.43. The molecule has 0 heterocycles. The van der Waals surface area contributed by atoms with Crippen molar-refractivity contribution in [2.75, 3.05) is 5.33 Å². The second-order valence-corrected chi connectivity index (χ2v) is 4.88. The Morgan fingerprint density at radius 1 is 0.909 bits per heavy atom. The minimum absolute atomic E-state index is 0.837. The van der Waals surface area contributed by atoms with Gasteiger partial charge in [-0.25, -0.2) is 0 Å². The van der Waals surface area contributed by atoms with Gasteiger partial charge in [-0.15, -0.1) is 0 Å². The fraction of sp³-hybridized carbons (Fsp3) is 1.00. The van der Waals surface area contributed by atoms with Gasteiger partial charge in [0, 0.05) is 5.33 Å². The van der Waals surface area contributed by atoms with Gasteiger partial charge in [-0.2, -0.15) is 0 Å². The Labute approximate surface area is 79.9 Å². The van der Waals surface area contributed by atoms with Crippen molar-refractivity contribution in [1.82, 2.24) is 0 Å². The molecule has 0 aromatic carbocycles. The molecule has 0 nitrogen and oxygen atoms in total. The largest absolute Gasteiger partial charge is 0.0925 e. The molecule has 11 heavy (non-hydrogen) atoms. The number of hydrogen-bond acceptors (Lipinski definition) is 0. The van der Waals surface area contributed by atoms with Crippen LogP contribution in [0.1, 0.15) is 40.5 Å². The molecule has 0 N–H and O–H groups in total. The van der Waals surface area contributed by atoms with Gasteiger partial charge in [-0.05, 0) is 30.6 Å². The molecule has 0 radical (unpaired) electrons. The Morgan fingerprint density at radius 2 is 1.45 bits per heavy atom. The molecule has 0 rings (SSSR count). The van der Waals surface area contributed by atoms with Gasteiger partial charge in [0.15, 0.2) is 0 Å². The van der Waals surface area contributed by atoms with E-state index in [0.717, 1.165) is 23.1 Å². The van der Waals surface area contributed by atoms with E-state index in [9.17, 15) is 0 Å². The van der Waals surface area contributed by atoms with Crippen molar-refractivity contribution in [3.63, 3.8) is 0 Å². The van der Waals surface area contributed by atoms with Crippen LogP contribution in [-0.2, 0) is 0 Å². The molecular weight excluding hydrogens is 200 g/mol. The summed E-state index contributed by atoms with van der Waals surface area (Å²) in [6.07, 6.45) is 2.74. The van der Waals surface area contributed by atoms with Gasteiger partial charge in [-0.1, -0.05) is 43.6 Å². The van der Waals surface area contributed by atoms with Crippen LogP contribution in [0.5, 0.6) is 0 Å². The molecule has 0 amide bonds. The second-order valence-electron chi connectivity index (χ2n) is 4.23. The Hall–Kier alpha value is 0.480. The fourth-order valence-corrected chi connectivity index (χ4v) is 1.92. The lowest BCUT2D eigenvalue weighted by molar-refractivity contribution is 0.371. The maximum Gasteiger partial charge on any atom is 0.00571 e. The van der Waals surface area contributed by atoms with E-state index in [1.165, 1.54) is 12.8 Å². The Bertz CT molecular complexity index is 88.9. The minimum atomic E-state index is 0.837. The van der Waals surface area contributed by atoms with Gasteiger partial charge in [0.05, 0.1) is 0 Å². The third-order valence-electron chi connectivity index (χ3n) is 1.94. The summed E-state index contributed by atoms with van der Waals surface area (Å²) >= 11 is 3.51. The molecule has 0 aliphatic heterocycles. The highest BCUT2D eigenvalue weighted by molar-refractivity contribution is 9.09. The zero-order valence-electron chi connectivity index (χ0n) is 8.23. The van der Waals surface area contributed by atoms with Crippen LogP contribution < -0.4 is 0 Å². The summed E-state index contributed by atoms with van der Waals surface area (Å²) in [5.74, 6) is 2.58. The zero-order chi connectivity index (χ0) is 8.85. The molecule has 0 aromatic rings. The number of alkyl halides is 1. The quantitative estimate of drug-likeness (QED) is 0.613. The van der Waals surface area contributed by atoms with Gasteiger partial charge in [0.25, 0.3) is 0 Å². The average molecular weight is 221 g/mol. The molecule has 0 aromatic heterocycles. The summed E-state index contributed by atoms with van der Waals surface area (Å²) in [6.45, 7) is 9.27. The molecule has 68 valence electrons. The molecule has 0 fully saturated rings. The van der Waals surface area contributed by atoms with E-state index in [0.29, 0.717) is 0 Å². The monoisotopic (exact) mass is 220 g/mol. The lowest BCUT2D eigenvalue weighted by Crippen LogP contribution is -2.06. The zero-order valence-corrected chi connectivity index (χ0v) is 9.82. The summed E-state index contributed by atoms with van der Waals surface area (Å²) in [4.78, 5) is 0. The van der Waals surface area contributed by atoms with Crippen LogP contribution in [0.3, 0.4) is 0 Å². The van der Waals surface area contributed by atoms with Crippen molar-refractivity contribution in [3.05, 3.63) is 0 Å². The summed E-state index contributed by atoms with van der Waals surface area (Å²) in [6, 6.07) is 0. The normalized spacial score (nSPS) is 16.9. The predicted molar refractivity (Wildman–Crippen MR) is 56.2 cm³/mol. The van der Waals surface area contributed by atoms with Crippen LogP contribution in [0.2, 0.25) is 0 Å². The Morgan fingerprint density at radius 3 is 1.82 bits per heavy atom. The first kappa shape index (κ1) is 11.5. The standard InChI is InChI=1S/C10H21Br/c1-8(2)5-9(3)6-10(4)7-11/h8-10H,5-7H2,1-4H3. The topological polar surface area (TPSA) is 0 Å². The van der Waals surface area contributed by atoms with E-state index in [1.807, 2.05) is 0 Å². The molecule has 0 saturated heterocycles. The van der Waals surface area contributed by atoms with Gasteiger partial charge in [0.1, 0.15) is 0 Å². The van der Waals surface area contributed by atoms with E-state index in [4.69, 9.17) is 0 Å². The van der Waals surface area contributed by atoms with Crippen LogP contribution >= 0.6 is 15.9 Å². The van der Waals surface area contributed by atoms with E-state index in [1.54, 1.807) is 0 Å². The SMILES string of the molecule is CC(C)CC(C)CC(C)CBr. The number of halogens is 1. The molecule has 0 bridgehead atoms. The van der Waals surface area contributed by atoms with E-state index in [2.05, 4.69) is 43.6 Å². The van der Waals surface area contributed by atoms with Crippen LogP contribution in [-0.4, -0.2) is 5.33 Å². The highest BCUT2D eigenvalue weighted by atomic mass is 79.9. The van der Waals surface area contributed by atoms with Crippen molar-refractivity contribution in [2.24, 2.45) is 17.8 Å². The van der Waals surface area contributed by atoms with Gasteiger partial charge >= 0.3 is 0 Å². The van der Waals surface area contributed by atoms with Gasteiger partial charge in [0.2, 0.25) is 0 Å². The maximum absolute atomic E-state index is 3.51. The second kappa shape index (κ2) is 6.05. The van der Waals surface area contributed by atoms with Gasteiger partial charge in [-0.3, -0.25) is 0 Å². The first-order valence-electron chi connectivity index (χ1n) is 4.62. The van der Waals surface area contributed by atoms with Crippen molar-refractivity contribution in [1.29, 1.82) is 0 Å². The van der Waals surface area contributed by atoms with Crippen LogP contribution in [0, 0.1) is 17.8 Å². The highest BCUT2D eigenvalue weighted by Crippen LogP contribution is 2.20. The van der Waals surface area contributed by atoms with Crippen molar-refractivity contribution in [2.45, 2.75) is 40.5 Å². The number of rotatable bonds is 5. The van der Waals surface area contributed by atoms with Crippen molar-refractivity contribution < 1.29 is 0 Å². The molecular formula is C10H21Br. The predicted octanol–water partition coefficient (Wildman–Crippen LogP) is 4.09. The maximum atomic E-state index is 3.51. The molecule has 0 saturated carbocycles. The summed E-state index contributed by atoms with van der Waals surface area (Å²) in [5.41, 5.74) is 0. The van der Waals surface area contributed by atoms with Gasteiger partial charge < -0.3 is 0 Å². The van der Waals surface area contributed by atoms with E-state index < -0.39 is 0 Å². The van der Waals surface area contributed by atoms with Crippen LogP contribution in [0.4, 0.5) is 0 Å². The molecule has 2 atom stereocenters. The Kier molecular flexibility index (Phi) is 6.31. The molecule has 0 spiro atoms. The molecule has 0 aliphatic carbocycles. The smallest absolute Gasteiger partial charge is 0.00571 e. The third-order valence-corrected chi connectivity index (χ3v) is 3.05. The minimum Gasteiger partial charge on any atom is -0.0925 e. The molecule has 0 aliphatic rings. The fourth-order valence-electron chi connectivity index (χ4n) is 1.65. The first-order valence-corrected chi connectivity index (χ1v) is 5.74. The molecule has 1 heteroatoms. The first-order chi connectivity index (χ1) is 5.06. The van der Waals surface area contributed by atoms with Crippen LogP contribution in [0.15, 0.2) is 0 Å². The highest BCUT2D eigenvalue weighted by Gasteiger charge is 2.08. The van der Waals surface area contributed by atoms with Crippen molar-refractivity contribution >= 4 is 15.9 Å².